The smallest absolute Gasteiger partial charge is 0.550 e. The molecule has 0 aromatic rings. The summed E-state index contributed by atoms with van der Waals surface area (Å²) in [6, 6.07) is 0. The second-order valence-corrected chi connectivity index (χ2v) is 3.51. The van der Waals surface area contributed by atoms with E-state index in [0.717, 1.165) is 0 Å². The first kappa shape index (κ1) is 33.5. The van der Waals surface area contributed by atoms with E-state index >= 15 is 0 Å². The maximum Gasteiger partial charge on any atom is 2.00 e. The Labute approximate surface area is 151 Å². The van der Waals surface area contributed by atoms with Gasteiger partial charge in [0.15, 0.2) is 0 Å². The average Bonchev–Trinajstić information content (AvgIpc) is 2.39. The number of aliphatic hydroxyl groups excluding tert-OH is 2. The number of hydrogen-bond acceptors (Lipinski definition) is 8. The van der Waals surface area contributed by atoms with Crippen LogP contribution >= 0.6 is 0 Å². The van der Waals surface area contributed by atoms with E-state index in [1.165, 1.54) is 0 Å². The second kappa shape index (κ2) is 29.0. The van der Waals surface area contributed by atoms with Gasteiger partial charge in [0.1, 0.15) is 11.6 Å². The van der Waals surface area contributed by atoms with Gasteiger partial charge >= 0.3 is 21.7 Å². The van der Waals surface area contributed by atoms with Crippen molar-refractivity contribution in [3.63, 3.8) is 0 Å². The minimum absolute atomic E-state index is 0. The number of carbonyl (C=O) groups is 4. The van der Waals surface area contributed by atoms with Crippen LogP contribution in [0.2, 0.25) is 0 Å². The minimum atomic E-state index is -1.29. The molecule has 0 bridgehead atoms. The van der Waals surface area contributed by atoms with Gasteiger partial charge in [0.05, 0.1) is 0 Å². The van der Waals surface area contributed by atoms with Crippen molar-refractivity contribution < 1.29 is 61.3 Å². The third-order valence-electron chi connectivity index (χ3n) is 1.47. The summed E-state index contributed by atoms with van der Waals surface area (Å²) in [7, 11) is 0. The first-order chi connectivity index (χ1) is 10.2. The first-order valence-corrected chi connectivity index (χ1v) is 6.81. The van der Waals surface area contributed by atoms with Gasteiger partial charge in [-0.1, -0.05) is 13.8 Å². The fourth-order valence-electron chi connectivity index (χ4n) is 0.572. The Bertz CT molecular complexity index is 275. The van der Waals surface area contributed by atoms with E-state index < -0.39 is 24.8 Å². The zero-order valence-corrected chi connectivity index (χ0v) is 15.6. The summed E-state index contributed by atoms with van der Waals surface area (Å²) in [5, 5.41) is 34.4. The number of carbonyl (C=O) groups excluding carboxylic acids is 4. The van der Waals surface area contributed by atoms with Crippen LogP contribution in [0.5, 0.6) is 0 Å². The molecule has 0 rings (SSSR count). The molecule has 0 aromatic heterocycles. The third-order valence-corrected chi connectivity index (χ3v) is 1.47. The number of hydrogen-bond donors (Lipinski definition) is 2. The van der Waals surface area contributed by atoms with Gasteiger partial charge in [-0.3, -0.25) is 9.59 Å². The summed E-state index contributed by atoms with van der Waals surface area (Å²) in [6.07, 6.45) is -0.352. The van der Waals surface area contributed by atoms with E-state index in [2.05, 4.69) is 0 Å². The first-order valence-electron chi connectivity index (χ1n) is 6.81. The number of aliphatic carboxylic acids is 2. The molecule has 0 unspecified atom stereocenters. The third kappa shape index (κ3) is 62.8. The maximum atomic E-state index is 10.2. The normalized spacial score (nSPS) is 7.57. The maximum absolute atomic E-state index is 10.2. The van der Waals surface area contributed by atoms with Crippen molar-refractivity contribution in [3.8, 4) is 0 Å². The van der Waals surface area contributed by atoms with Crippen molar-refractivity contribution >= 4 is 23.5 Å². The van der Waals surface area contributed by atoms with Crippen molar-refractivity contribution in [2.75, 3.05) is 13.2 Å². The Morgan fingerprint density at radius 3 is 0.913 bits per heavy atom. The Balaban J connectivity index is -0.0000000680. The van der Waals surface area contributed by atoms with Gasteiger partial charge in [0, 0.05) is 50.8 Å². The molecule has 0 spiro atoms. The van der Waals surface area contributed by atoms with Crippen LogP contribution in [0, 0.1) is 0 Å². The van der Waals surface area contributed by atoms with E-state index in [4.69, 9.17) is 10.2 Å². The van der Waals surface area contributed by atoms with E-state index in [1.54, 1.807) is 27.7 Å². The summed E-state index contributed by atoms with van der Waals surface area (Å²) < 4.78 is 0. The molecule has 0 atom stereocenters. The van der Waals surface area contributed by atoms with Crippen molar-refractivity contribution in [1.29, 1.82) is 0 Å². The molecule has 23 heavy (non-hydrogen) atoms. The van der Waals surface area contributed by atoms with Gasteiger partial charge in [-0.2, -0.15) is 0 Å². The molecular formula is C14H26O8Ti. The van der Waals surface area contributed by atoms with Crippen LogP contribution in [0.3, 0.4) is 0 Å². The van der Waals surface area contributed by atoms with Crippen LogP contribution in [0.1, 0.15) is 53.4 Å². The van der Waals surface area contributed by atoms with E-state index in [-0.39, 0.29) is 59.3 Å². The Hall–Kier alpha value is -1.09. The molecule has 0 saturated carbocycles. The fourth-order valence-corrected chi connectivity index (χ4v) is 0.572. The second-order valence-electron chi connectivity index (χ2n) is 3.51. The molecule has 0 aromatic carbocycles. The molecule has 0 aliphatic heterocycles. The number of rotatable bonds is 6. The van der Waals surface area contributed by atoms with Crippen LogP contribution in [0.15, 0.2) is 0 Å². The number of aliphatic hydroxyl groups is 2. The van der Waals surface area contributed by atoms with Gasteiger partial charge in [0.25, 0.3) is 0 Å². The van der Waals surface area contributed by atoms with Crippen LogP contribution in [0.4, 0.5) is 0 Å². The van der Waals surface area contributed by atoms with Crippen LogP contribution < -0.4 is 10.2 Å². The largest absolute Gasteiger partial charge is 2.00 e. The van der Waals surface area contributed by atoms with Crippen molar-refractivity contribution in [1.82, 2.24) is 0 Å². The predicted octanol–water partition coefficient (Wildman–Crippen LogP) is -1.79. The zero-order chi connectivity index (χ0) is 18.6. The SMILES string of the molecule is CCC(=O)CC(=O)[O-].CCC(=O)CC(=O)[O-].CCO.CCO.[Ti+2]. The average molecular weight is 370 g/mol. The summed E-state index contributed by atoms with van der Waals surface area (Å²) in [5.41, 5.74) is 0. The molecule has 9 heteroatoms. The van der Waals surface area contributed by atoms with Crippen LogP contribution in [0.25, 0.3) is 0 Å². The zero-order valence-electron chi connectivity index (χ0n) is 14.1. The number of carboxylic acid groups (broad SMARTS) is 2. The van der Waals surface area contributed by atoms with Gasteiger partial charge < -0.3 is 30.0 Å². The van der Waals surface area contributed by atoms with Crippen LogP contribution in [-0.2, 0) is 40.9 Å². The van der Waals surface area contributed by atoms with Gasteiger partial charge in [-0.25, -0.2) is 0 Å². The van der Waals surface area contributed by atoms with Gasteiger partial charge in [-0.05, 0) is 13.8 Å². The van der Waals surface area contributed by atoms with Crippen molar-refractivity contribution in [2.24, 2.45) is 0 Å². The predicted molar refractivity (Wildman–Crippen MR) is 75.4 cm³/mol. The molecule has 0 radical (unpaired) electrons. The molecule has 0 aliphatic rings. The van der Waals surface area contributed by atoms with Gasteiger partial charge in [-0.15, -0.1) is 0 Å². The number of ketones is 2. The number of Topliss-reactive ketones (excluding diaryl/α,β-unsaturated/α-hetero) is 2. The van der Waals surface area contributed by atoms with Crippen LogP contribution in [-0.4, -0.2) is 46.9 Å². The molecule has 0 amide bonds. The summed E-state index contributed by atoms with van der Waals surface area (Å²) >= 11 is 0. The Morgan fingerprint density at radius 2 is 0.870 bits per heavy atom. The minimum Gasteiger partial charge on any atom is -0.550 e. The monoisotopic (exact) mass is 370 g/mol. The summed E-state index contributed by atoms with van der Waals surface area (Å²) in [5.74, 6) is -3.16. The molecular weight excluding hydrogens is 344 g/mol. The van der Waals surface area contributed by atoms with Gasteiger partial charge in [0.2, 0.25) is 0 Å². The number of carboxylic acids is 2. The van der Waals surface area contributed by atoms with Crippen molar-refractivity contribution in [3.05, 3.63) is 0 Å². The van der Waals surface area contributed by atoms with Crippen molar-refractivity contribution in [2.45, 2.75) is 53.4 Å². The molecule has 134 valence electrons. The Kier molecular flexibility index (Phi) is 42.2. The Morgan fingerprint density at radius 1 is 0.696 bits per heavy atom. The molecule has 0 fully saturated rings. The van der Waals surface area contributed by atoms with E-state index in [0.29, 0.717) is 0 Å². The standard InChI is InChI=1S/2C5H8O3.2C2H6O.Ti/c2*1-2-4(6)3-5(7)8;2*1-2-3;/h2*2-3H2,1H3,(H,7,8);2*3H,2H2,1H3;/q;;;;+2/p-2. The van der Waals surface area contributed by atoms with E-state index in [1.807, 2.05) is 0 Å². The fraction of sp³-hybridized carbons (Fsp3) is 0.714. The molecule has 0 heterocycles. The quantitative estimate of drug-likeness (QED) is 0.410. The van der Waals surface area contributed by atoms with E-state index in [9.17, 15) is 29.4 Å². The molecule has 2 N–H and O–H groups in total. The molecule has 8 nitrogen and oxygen atoms in total. The molecule has 0 aliphatic carbocycles. The summed E-state index contributed by atoms with van der Waals surface area (Å²) in [4.78, 5) is 39.7. The topological polar surface area (TPSA) is 155 Å². The summed E-state index contributed by atoms with van der Waals surface area (Å²) in [6.45, 7) is 7.09. The molecule has 0 saturated heterocycles.